The smallest absolute Gasteiger partial charge is 0.313 e. The molecule has 1 aromatic rings. The van der Waals surface area contributed by atoms with Gasteiger partial charge in [0.15, 0.2) is 11.6 Å². The monoisotopic (exact) mass is 284 g/mol. The summed E-state index contributed by atoms with van der Waals surface area (Å²) in [6, 6.07) is 2.47. The maximum absolute atomic E-state index is 13.4. The normalized spacial score (nSPS) is 11.8. The van der Waals surface area contributed by atoms with E-state index in [1.165, 1.54) is 6.92 Å². The Bertz CT molecular complexity index is 540. The molecule has 1 rings (SSSR count). The van der Waals surface area contributed by atoms with Gasteiger partial charge in [-0.05, 0) is 26.0 Å². The molecule has 108 valence electrons. The molecule has 1 aromatic carbocycles. The van der Waals surface area contributed by atoms with Gasteiger partial charge in [-0.1, -0.05) is 0 Å². The van der Waals surface area contributed by atoms with Crippen molar-refractivity contribution in [2.24, 2.45) is 5.92 Å². The summed E-state index contributed by atoms with van der Waals surface area (Å²) < 4.78 is 30.8. The third-order valence-corrected chi connectivity index (χ3v) is 2.70. The number of rotatable bonds is 6. The number of esters is 1. The molecule has 4 nitrogen and oxygen atoms in total. The van der Waals surface area contributed by atoms with E-state index in [-0.39, 0.29) is 12.2 Å². The van der Waals surface area contributed by atoms with E-state index in [2.05, 4.69) is 4.74 Å². The highest BCUT2D eigenvalue weighted by Crippen LogP contribution is 2.16. The van der Waals surface area contributed by atoms with E-state index >= 15 is 0 Å². The molecule has 0 spiro atoms. The molecule has 0 aromatic heterocycles. The van der Waals surface area contributed by atoms with E-state index < -0.39 is 41.5 Å². The van der Waals surface area contributed by atoms with Crippen molar-refractivity contribution in [2.45, 2.75) is 20.3 Å². The molecule has 0 heterocycles. The second kappa shape index (κ2) is 6.88. The van der Waals surface area contributed by atoms with Gasteiger partial charge in [-0.25, -0.2) is 8.78 Å². The number of hydrogen-bond donors (Lipinski definition) is 0. The molecule has 20 heavy (non-hydrogen) atoms. The fraction of sp³-hybridized carbons (Fsp3) is 0.357. The maximum atomic E-state index is 13.4. The zero-order valence-electron chi connectivity index (χ0n) is 11.1. The van der Waals surface area contributed by atoms with Crippen molar-refractivity contribution in [1.82, 2.24) is 0 Å². The highest BCUT2D eigenvalue weighted by atomic mass is 19.1. The van der Waals surface area contributed by atoms with E-state index in [0.717, 1.165) is 12.1 Å². The van der Waals surface area contributed by atoms with Crippen LogP contribution in [0.4, 0.5) is 8.78 Å². The summed E-state index contributed by atoms with van der Waals surface area (Å²) in [4.78, 5) is 34.8. The predicted octanol–water partition coefficient (Wildman–Crippen LogP) is 2.31. The lowest BCUT2D eigenvalue weighted by molar-refractivity contribution is -0.145. The fourth-order valence-corrected chi connectivity index (χ4v) is 1.58. The first-order valence-corrected chi connectivity index (χ1v) is 6.04. The number of ketones is 2. The van der Waals surface area contributed by atoms with Gasteiger partial charge in [-0.15, -0.1) is 0 Å². The van der Waals surface area contributed by atoms with E-state index in [4.69, 9.17) is 0 Å². The topological polar surface area (TPSA) is 60.4 Å². The summed E-state index contributed by atoms with van der Waals surface area (Å²) in [6.45, 7) is 2.98. The second-order valence-corrected chi connectivity index (χ2v) is 4.16. The molecule has 0 bridgehead atoms. The number of benzene rings is 1. The van der Waals surface area contributed by atoms with Crippen LogP contribution in [0, 0.1) is 17.6 Å². The van der Waals surface area contributed by atoms with Crippen molar-refractivity contribution in [1.29, 1.82) is 0 Å². The molecule has 0 aliphatic heterocycles. The number of Topliss-reactive ketones (excluding diaryl/α,β-unsaturated/α-hetero) is 2. The largest absolute Gasteiger partial charge is 0.466 e. The SMILES string of the molecule is CCOC(=O)CC(=O)C(C)C(=O)c1ccc(F)cc1F. The summed E-state index contributed by atoms with van der Waals surface area (Å²) in [6.07, 6.45) is -0.552. The van der Waals surface area contributed by atoms with Crippen LogP contribution in [0.15, 0.2) is 18.2 Å². The van der Waals surface area contributed by atoms with Gasteiger partial charge < -0.3 is 4.74 Å². The van der Waals surface area contributed by atoms with Crippen LogP contribution in [-0.4, -0.2) is 24.1 Å². The summed E-state index contributed by atoms with van der Waals surface area (Å²) in [5.74, 6) is -5.25. The molecule has 0 fully saturated rings. The first-order chi connectivity index (χ1) is 9.36. The van der Waals surface area contributed by atoms with Crippen LogP contribution in [0.5, 0.6) is 0 Å². The Morgan fingerprint density at radius 2 is 1.90 bits per heavy atom. The zero-order valence-corrected chi connectivity index (χ0v) is 11.1. The number of carbonyl (C=O) groups excluding carboxylic acids is 3. The molecular formula is C14H14F2O4. The minimum Gasteiger partial charge on any atom is -0.466 e. The lowest BCUT2D eigenvalue weighted by atomic mass is 9.93. The van der Waals surface area contributed by atoms with Gasteiger partial charge >= 0.3 is 5.97 Å². The Morgan fingerprint density at radius 3 is 2.45 bits per heavy atom. The van der Waals surface area contributed by atoms with E-state index in [0.29, 0.717) is 6.07 Å². The average Bonchev–Trinajstić information content (AvgIpc) is 2.37. The first-order valence-electron chi connectivity index (χ1n) is 6.04. The Balaban J connectivity index is 2.80. The van der Waals surface area contributed by atoms with Gasteiger partial charge in [-0.3, -0.25) is 14.4 Å². The Labute approximate surface area is 114 Å². The molecule has 0 amide bonds. The van der Waals surface area contributed by atoms with Gasteiger partial charge in [-0.2, -0.15) is 0 Å². The van der Waals surface area contributed by atoms with Gasteiger partial charge in [0.25, 0.3) is 0 Å². The first kappa shape index (κ1) is 15.9. The zero-order chi connectivity index (χ0) is 15.3. The lowest BCUT2D eigenvalue weighted by Gasteiger charge is -2.10. The van der Waals surface area contributed by atoms with Crippen LogP contribution >= 0.6 is 0 Å². The minimum atomic E-state index is -1.20. The molecule has 1 atom stereocenters. The lowest BCUT2D eigenvalue weighted by Crippen LogP contribution is -2.25. The molecule has 1 unspecified atom stereocenters. The van der Waals surface area contributed by atoms with E-state index in [1.807, 2.05) is 0 Å². The molecule has 6 heteroatoms. The summed E-state index contributed by atoms with van der Waals surface area (Å²) in [7, 11) is 0. The number of carbonyl (C=O) groups is 3. The number of halogens is 2. The van der Waals surface area contributed by atoms with E-state index in [9.17, 15) is 23.2 Å². The molecule has 0 radical (unpaired) electrons. The van der Waals surface area contributed by atoms with Gasteiger partial charge in [0.05, 0.1) is 18.1 Å². The Hall–Kier alpha value is -2.11. The van der Waals surface area contributed by atoms with E-state index in [1.54, 1.807) is 6.92 Å². The van der Waals surface area contributed by atoms with Gasteiger partial charge in [0.2, 0.25) is 0 Å². The van der Waals surface area contributed by atoms with Crippen molar-refractivity contribution in [3.05, 3.63) is 35.4 Å². The van der Waals surface area contributed by atoms with Crippen molar-refractivity contribution in [3.8, 4) is 0 Å². The van der Waals surface area contributed by atoms with Crippen molar-refractivity contribution >= 4 is 17.5 Å². The molecule has 0 N–H and O–H groups in total. The molecule has 0 saturated carbocycles. The fourth-order valence-electron chi connectivity index (χ4n) is 1.58. The minimum absolute atomic E-state index is 0.126. The van der Waals surface area contributed by atoms with Gasteiger partial charge in [0, 0.05) is 6.07 Å². The third kappa shape index (κ3) is 3.94. The van der Waals surface area contributed by atoms with Crippen LogP contribution in [0.1, 0.15) is 30.6 Å². The van der Waals surface area contributed by atoms with Crippen LogP contribution in [-0.2, 0) is 14.3 Å². The number of hydrogen-bond acceptors (Lipinski definition) is 4. The van der Waals surface area contributed by atoms with Crippen molar-refractivity contribution in [3.63, 3.8) is 0 Å². The molecule has 0 aliphatic carbocycles. The summed E-state index contributed by atoms with van der Waals surface area (Å²) in [5.41, 5.74) is -0.379. The Kier molecular flexibility index (Phi) is 5.49. The Morgan fingerprint density at radius 1 is 1.25 bits per heavy atom. The quantitative estimate of drug-likeness (QED) is 0.457. The maximum Gasteiger partial charge on any atom is 0.313 e. The third-order valence-electron chi connectivity index (χ3n) is 2.70. The second-order valence-electron chi connectivity index (χ2n) is 4.16. The average molecular weight is 284 g/mol. The highest BCUT2D eigenvalue weighted by Gasteiger charge is 2.26. The van der Waals surface area contributed by atoms with Crippen LogP contribution in [0.3, 0.4) is 0 Å². The molecule has 0 saturated heterocycles. The van der Waals surface area contributed by atoms with Crippen LogP contribution in [0.25, 0.3) is 0 Å². The van der Waals surface area contributed by atoms with Gasteiger partial charge in [0.1, 0.15) is 18.1 Å². The molecular weight excluding hydrogens is 270 g/mol. The van der Waals surface area contributed by atoms with Crippen molar-refractivity contribution < 1.29 is 27.9 Å². The summed E-state index contributed by atoms with van der Waals surface area (Å²) >= 11 is 0. The number of ether oxygens (including phenoxy) is 1. The predicted molar refractivity (Wildman–Crippen MR) is 66.1 cm³/mol. The standard InChI is InChI=1S/C14H14F2O4/c1-3-20-13(18)7-12(17)8(2)14(19)10-5-4-9(15)6-11(10)16/h4-6,8H,3,7H2,1-2H3. The molecule has 0 aliphatic rings. The van der Waals surface area contributed by atoms with Crippen molar-refractivity contribution in [2.75, 3.05) is 6.61 Å². The summed E-state index contributed by atoms with van der Waals surface area (Å²) in [5, 5.41) is 0. The van der Waals surface area contributed by atoms with Crippen LogP contribution in [0.2, 0.25) is 0 Å². The highest BCUT2D eigenvalue weighted by molar-refractivity contribution is 6.13. The van der Waals surface area contributed by atoms with Crippen LogP contribution < -0.4 is 0 Å².